The molecule has 4 heteroatoms. The summed E-state index contributed by atoms with van der Waals surface area (Å²) >= 11 is 0. The number of carbonyl (C=O) groups is 1. The number of nitrogens with one attached hydrogen (secondary N) is 2. The highest BCUT2D eigenvalue weighted by atomic mass is 16.1. The zero-order valence-corrected chi connectivity index (χ0v) is 14.8. The lowest BCUT2D eigenvalue weighted by atomic mass is 10.0. The lowest BCUT2D eigenvalue weighted by Crippen LogP contribution is -2.26. The minimum Gasteiger partial charge on any atom is -0.352 e. The van der Waals surface area contributed by atoms with Gasteiger partial charge in [0.2, 0.25) is 5.91 Å². The van der Waals surface area contributed by atoms with E-state index in [1.54, 1.807) is 6.08 Å². The van der Waals surface area contributed by atoms with Crippen LogP contribution in [0.15, 0.2) is 71.5 Å². The number of H-pyrrole nitrogens is 1. The Labute approximate surface area is 152 Å². The largest absolute Gasteiger partial charge is 0.352 e. The second-order valence-corrected chi connectivity index (χ2v) is 6.14. The minimum absolute atomic E-state index is 0.105. The molecular formula is C22H22N2O2. The molecule has 0 saturated carbocycles. The van der Waals surface area contributed by atoms with Gasteiger partial charge < -0.3 is 10.3 Å². The Morgan fingerprint density at radius 1 is 1.08 bits per heavy atom. The number of pyridine rings is 1. The Kier molecular flexibility index (Phi) is 5.64. The Hall–Kier alpha value is -3.14. The van der Waals surface area contributed by atoms with Crippen molar-refractivity contribution in [3.63, 3.8) is 0 Å². The number of aromatic nitrogens is 1. The fraction of sp³-hybridized carbons (Fsp3) is 0.182. The summed E-state index contributed by atoms with van der Waals surface area (Å²) < 4.78 is 0. The van der Waals surface area contributed by atoms with E-state index in [1.807, 2.05) is 67.6 Å². The first kappa shape index (κ1) is 17.7. The predicted molar refractivity (Wildman–Crippen MR) is 106 cm³/mol. The van der Waals surface area contributed by atoms with E-state index in [1.165, 1.54) is 0 Å². The van der Waals surface area contributed by atoms with Gasteiger partial charge in [0.15, 0.2) is 0 Å². The van der Waals surface area contributed by atoms with Crippen LogP contribution in [0.1, 0.15) is 24.5 Å². The van der Waals surface area contributed by atoms with Crippen molar-refractivity contribution in [1.29, 1.82) is 0 Å². The Balaban J connectivity index is 1.64. The number of para-hydroxylation sites is 1. The standard InChI is InChI=1S/C22H22N2O2/c1-2-16(17-8-4-3-5-9-17)15-21(25)23-13-12-19-14-18-10-6-7-11-20(18)24-22(19)26/h3-11,14-15H,2,12-13H2,1H3,(H,23,25)(H,24,26)/b16-15+. The van der Waals surface area contributed by atoms with Crippen LogP contribution in [-0.4, -0.2) is 17.4 Å². The molecule has 0 radical (unpaired) electrons. The maximum Gasteiger partial charge on any atom is 0.251 e. The molecule has 0 aliphatic rings. The van der Waals surface area contributed by atoms with E-state index in [4.69, 9.17) is 0 Å². The van der Waals surface area contributed by atoms with Crippen LogP contribution in [0.25, 0.3) is 16.5 Å². The molecule has 0 saturated heterocycles. The fourth-order valence-electron chi connectivity index (χ4n) is 2.95. The van der Waals surface area contributed by atoms with Crippen LogP contribution in [-0.2, 0) is 11.2 Å². The van der Waals surface area contributed by atoms with Gasteiger partial charge in [-0.25, -0.2) is 0 Å². The van der Waals surface area contributed by atoms with Gasteiger partial charge in [-0.05, 0) is 41.5 Å². The number of hydrogen-bond acceptors (Lipinski definition) is 2. The molecule has 1 aromatic heterocycles. The first-order valence-electron chi connectivity index (χ1n) is 8.82. The Bertz CT molecular complexity index is 988. The number of fused-ring (bicyclic) bond motifs is 1. The molecule has 3 rings (SSSR count). The first-order valence-corrected chi connectivity index (χ1v) is 8.82. The van der Waals surface area contributed by atoms with Gasteiger partial charge in [-0.15, -0.1) is 0 Å². The molecule has 2 N–H and O–H groups in total. The number of aromatic amines is 1. The summed E-state index contributed by atoms with van der Waals surface area (Å²) in [6.45, 7) is 2.45. The summed E-state index contributed by atoms with van der Waals surface area (Å²) in [4.78, 5) is 27.2. The molecule has 2 aromatic carbocycles. The average molecular weight is 346 g/mol. The zero-order valence-electron chi connectivity index (χ0n) is 14.8. The van der Waals surface area contributed by atoms with Crippen molar-refractivity contribution in [1.82, 2.24) is 10.3 Å². The van der Waals surface area contributed by atoms with E-state index in [9.17, 15) is 9.59 Å². The van der Waals surface area contributed by atoms with Crippen LogP contribution in [0.3, 0.4) is 0 Å². The van der Waals surface area contributed by atoms with E-state index in [2.05, 4.69) is 10.3 Å². The lowest BCUT2D eigenvalue weighted by Gasteiger charge is -2.07. The average Bonchev–Trinajstić information content (AvgIpc) is 2.67. The molecule has 0 spiro atoms. The van der Waals surface area contributed by atoms with Crippen LogP contribution in [0, 0.1) is 0 Å². The topological polar surface area (TPSA) is 62.0 Å². The van der Waals surface area contributed by atoms with Gasteiger partial charge in [0.05, 0.1) is 0 Å². The maximum atomic E-state index is 12.2. The molecule has 3 aromatic rings. The summed E-state index contributed by atoms with van der Waals surface area (Å²) in [5.41, 5.74) is 3.44. The lowest BCUT2D eigenvalue weighted by molar-refractivity contribution is -0.116. The minimum atomic E-state index is -0.136. The third-order valence-corrected chi connectivity index (χ3v) is 4.35. The van der Waals surface area contributed by atoms with Crippen molar-refractivity contribution >= 4 is 22.4 Å². The second-order valence-electron chi connectivity index (χ2n) is 6.14. The van der Waals surface area contributed by atoms with Crippen LogP contribution < -0.4 is 10.9 Å². The van der Waals surface area contributed by atoms with E-state index < -0.39 is 0 Å². The molecule has 4 nitrogen and oxygen atoms in total. The molecular weight excluding hydrogens is 324 g/mol. The molecule has 132 valence electrons. The van der Waals surface area contributed by atoms with E-state index in [-0.39, 0.29) is 11.5 Å². The Morgan fingerprint density at radius 3 is 2.58 bits per heavy atom. The molecule has 1 amide bonds. The number of amides is 1. The quantitative estimate of drug-likeness (QED) is 0.669. The monoisotopic (exact) mass is 346 g/mol. The van der Waals surface area contributed by atoms with Crippen LogP contribution in [0.5, 0.6) is 0 Å². The van der Waals surface area contributed by atoms with Crippen molar-refractivity contribution in [2.45, 2.75) is 19.8 Å². The number of carbonyl (C=O) groups excluding carboxylic acids is 1. The normalized spacial score (nSPS) is 11.5. The summed E-state index contributed by atoms with van der Waals surface area (Å²) in [5.74, 6) is -0.136. The first-order chi connectivity index (χ1) is 12.7. The molecule has 0 aliphatic heterocycles. The molecule has 0 atom stereocenters. The van der Waals surface area contributed by atoms with Crippen molar-refractivity contribution in [3.8, 4) is 0 Å². The van der Waals surface area contributed by atoms with Crippen molar-refractivity contribution in [2.24, 2.45) is 0 Å². The molecule has 0 aliphatic carbocycles. The van der Waals surface area contributed by atoms with Gasteiger partial charge in [-0.3, -0.25) is 9.59 Å². The van der Waals surface area contributed by atoms with Gasteiger partial charge in [-0.1, -0.05) is 55.5 Å². The number of benzene rings is 2. The molecule has 0 unspecified atom stereocenters. The highest BCUT2D eigenvalue weighted by Crippen LogP contribution is 2.17. The third kappa shape index (κ3) is 4.28. The van der Waals surface area contributed by atoms with E-state index >= 15 is 0 Å². The van der Waals surface area contributed by atoms with Crippen molar-refractivity contribution in [2.75, 3.05) is 6.54 Å². The third-order valence-electron chi connectivity index (χ3n) is 4.35. The second kappa shape index (κ2) is 8.30. The van der Waals surface area contributed by atoms with Gasteiger partial charge in [0, 0.05) is 23.7 Å². The van der Waals surface area contributed by atoms with Crippen LogP contribution in [0.2, 0.25) is 0 Å². The zero-order chi connectivity index (χ0) is 18.4. The van der Waals surface area contributed by atoms with Crippen LogP contribution in [0.4, 0.5) is 0 Å². The Morgan fingerprint density at radius 2 is 1.81 bits per heavy atom. The van der Waals surface area contributed by atoms with Gasteiger partial charge in [0.25, 0.3) is 5.56 Å². The predicted octanol–water partition coefficient (Wildman–Crippen LogP) is 3.68. The van der Waals surface area contributed by atoms with Crippen molar-refractivity contribution < 1.29 is 4.79 Å². The summed E-state index contributed by atoms with van der Waals surface area (Å²) in [6.07, 6.45) is 2.91. The summed E-state index contributed by atoms with van der Waals surface area (Å²) in [5, 5.41) is 3.86. The van der Waals surface area contributed by atoms with Gasteiger partial charge >= 0.3 is 0 Å². The van der Waals surface area contributed by atoms with Gasteiger partial charge in [-0.2, -0.15) is 0 Å². The smallest absolute Gasteiger partial charge is 0.251 e. The highest BCUT2D eigenvalue weighted by Gasteiger charge is 2.05. The molecule has 26 heavy (non-hydrogen) atoms. The number of rotatable bonds is 6. The number of hydrogen-bond donors (Lipinski definition) is 2. The van der Waals surface area contributed by atoms with Crippen LogP contribution >= 0.6 is 0 Å². The number of allylic oxidation sites excluding steroid dienone is 1. The van der Waals surface area contributed by atoms with Crippen molar-refractivity contribution in [3.05, 3.63) is 88.2 Å². The van der Waals surface area contributed by atoms with E-state index in [0.29, 0.717) is 18.5 Å². The fourth-order valence-corrected chi connectivity index (χ4v) is 2.95. The van der Waals surface area contributed by atoms with Gasteiger partial charge in [0.1, 0.15) is 0 Å². The highest BCUT2D eigenvalue weighted by molar-refractivity contribution is 5.95. The van der Waals surface area contributed by atoms with E-state index in [0.717, 1.165) is 28.5 Å². The molecule has 0 fully saturated rings. The maximum absolute atomic E-state index is 12.2. The summed E-state index contributed by atoms with van der Waals surface area (Å²) in [7, 11) is 0. The molecule has 1 heterocycles. The SMILES string of the molecule is CC/C(=C\C(=O)NCCc1cc2ccccc2[nH]c1=O)c1ccccc1. The summed E-state index contributed by atoms with van der Waals surface area (Å²) in [6, 6.07) is 19.4. The molecule has 0 bridgehead atoms.